The largest absolute Gasteiger partial charge is 0.462 e. The SMILES string of the molecule is CC(C)OC(=O)CS(=O)(=O)C(C)C(C)C. The molecular weight excluding hydrogens is 216 g/mol. The number of carbonyl (C=O) groups is 1. The van der Waals surface area contributed by atoms with Crippen molar-refractivity contribution in [3.8, 4) is 0 Å². The number of esters is 1. The molecule has 4 nitrogen and oxygen atoms in total. The van der Waals surface area contributed by atoms with Gasteiger partial charge in [-0.25, -0.2) is 8.42 Å². The molecule has 0 spiro atoms. The maximum Gasteiger partial charge on any atom is 0.321 e. The van der Waals surface area contributed by atoms with E-state index in [1.165, 1.54) is 0 Å². The van der Waals surface area contributed by atoms with Crippen LogP contribution in [0.3, 0.4) is 0 Å². The zero-order chi connectivity index (χ0) is 12.2. The fourth-order valence-electron chi connectivity index (χ4n) is 1.01. The quantitative estimate of drug-likeness (QED) is 0.677. The second kappa shape index (κ2) is 5.49. The molecule has 0 radical (unpaired) electrons. The van der Waals surface area contributed by atoms with Gasteiger partial charge in [-0.15, -0.1) is 0 Å². The van der Waals surface area contributed by atoms with Crippen molar-refractivity contribution < 1.29 is 17.9 Å². The van der Waals surface area contributed by atoms with E-state index in [4.69, 9.17) is 4.74 Å². The zero-order valence-electron chi connectivity index (χ0n) is 9.98. The van der Waals surface area contributed by atoms with Gasteiger partial charge in [0.25, 0.3) is 0 Å². The summed E-state index contributed by atoms with van der Waals surface area (Å²) in [7, 11) is -3.38. The van der Waals surface area contributed by atoms with Gasteiger partial charge in [0.05, 0.1) is 11.4 Å². The van der Waals surface area contributed by atoms with Gasteiger partial charge in [-0.2, -0.15) is 0 Å². The first-order valence-corrected chi connectivity index (χ1v) is 6.79. The Labute approximate surface area is 91.9 Å². The molecule has 0 aliphatic heterocycles. The van der Waals surface area contributed by atoms with Crippen molar-refractivity contribution >= 4 is 15.8 Å². The summed E-state index contributed by atoms with van der Waals surface area (Å²) in [5.74, 6) is -1.19. The molecule has 0 aromatic heterocycles. The van der Waals surface area contributed by atoms with Gasteiger partial charge in [-0.1, -0.05) is 13.8 Å². The van der Waals surface area contributed by atoms with Crippen molar-refractivity contribution in [2.24, 2.45) is 5.92 Å². The average molecular weight is 236 g/mol. The molecule has 90 valence electrons. The first-order valence-electron chi connectivity index (χ1n) is 5.08. The van der Waals surface area contributed by atoms with Gasteiger partial charge in [-0.3, -0.25) is 4.79 Å². The molecule has 0 bridgehead atoms. The predicted molar refractivity (Wildman–Crippen MR) is 59.3 cm³/mol. The third-order valence-corrected chi connectivity index (χ3v) is 4.51. The normalized spacial score (nSPS) is 14.3. The Morgan fingerprint density at radius 3 is 1.93 bits per heavy atom. The minimum Gasteiger partial charge on any atom is -0.462 e. The summed E-state index contributed by atoms with van der Waals surface area (Å²) >= 11 is 0. The topological polar surface area (TPSA) is 60.4 Å². The lowest BCUT2D eigenvalue weighted by Crippen LogP contribution is -2.31. The third-order valence-electron chi connectivity index (χ3n) is 2.19. The van der Waals surface area contributed by atoms with Crippen LogP contribution in [0.2, 0.25) is 0 Å². The number of hydrogen-bond donors (Lipinski definition) is 0. The lowest BCUT2D eigenvalue weighted by atomic mass is 10.2. The molecule has 5 heteroatoms. The standard InChI is InChI=1S/C10H20O4S/c1-7(2)9(5)15(12,13)6-10(11)14-8(3)4/h7-9H,6H2,1-5H3. The summed E-state index contributed by atoms with van der Waals surface area (Å²) in [5, 5.41) is -0.516. The number of carbonyl (C=O) groups excluding carboxylic acids is 1. The molecule has 0 rings (SSSR count). The van der Waals surface area contributed by atoms with E-state index in [-0.39, 0.29) is 12.0 Å². The van der Waals surface area contributed by atoms with E-state index < -0.39 is 26.8 Å². The van der Waals surface area contributed by atoms with Gasteiger partial charge in [-0.05, 0) is 26.7 Å². The van der Waals surface area contributed by atoms with E-state index in [1.807, 2.05) is 13.8 Å². The fraction of sp³-hybridized carbons (Fsp3) is 0.900. The summed E-state index contributed by atoms with van der Waals surface area (Å²) in [5.41, 5.74) is 0. The minimum atomic E-state index is -3.38. The molecule has 0 heterocycles. The van der Waals surface area contributed by atoms with Gasteiger partial charge < -0.3 is 4.74 Å². The van der Waals surface area contributed by atoms with Crippen molar-refractivity contribution in [3.05, 3.63) is 0 Å². The Balaban J connectivity index is 4.46. The number of rotatable bonds is 5. The monoisotopic (exact) mass is 236 g/mol. The number of sulfone groups is 1. The Hall–Kier alpha value is -0.580. The van der Waals surface area contributed by atoms with E-state index in [0.717, 1.165) is 0 Å². The summed E-state index contributed by atoms with van der Waals surface area (Å²) in [6, 6.07) is 0. The molecule has 0 aliphatic carbocycles. The highest BCUT2D eigenvalue weighted by molar-refractivity contribution is 7.92. The third kappa shape index (κ3) is 5.16. The van der Waals surface area contributed by atoms with Crippen LogP contribution in [0.1, 0.15) is 34.6 Å². The lowest BCUT2D eigenvalue weighted by molar-refractivity contribution is -0.144. The van der Waals surface area contributed by atoms with Crippen molar-refractivity contribution in [3.63, 3.8) is 0 Å². The minimum absolute atomic E-state index is 0.00171. The molecule has 1 atom stereocenters. The molecule has 0 N–H and O–H groups in total. The van der Waals surface area contributed by atoms with Crippen LogP contribution in [0.25, 0.3) is 0 Å². The number of hydrogen-bond acceptors (Lipinski definition) is 4. The fourth-order valence-corrected chi connectivity index (χ4v) is 2.50. The van der Waals surface area contributed by atoms with Crippen LogP contribution in [-0.4, -0.2) is 31.5 Å². The van der Waals surface area contributed by atoms with E-state index in [0.29, 0.717) is 0 Å². The molecule has 0 aromatic rings. The first kappa shape index (κ1) is 14.4. The van der Waals surface area contributed by atoms with Crippen LogP contribution in [0, 0.1) is 5.92 Å². The highest BCUT2D eigenvalue weighted by atomic mass is 32.2. The molecule has 1 unspecified atom stereocenters. The Morgan fingerprint density at radius 2 is 1.60 bits per heavy atom. The van der Waals surface area contributed by atoms with Crippen molar-refractivity contribution in [1.29, 1.82) is 0 Å². The smallest absolute Gasteiger partial charge is 0.321 e. The molecule has 0 saturated carbocycles. The molecule has 0 amide bonds. The van der Waals surface area contributed by atoms with Crippen LogP contribution in [0.15, 0.2) is 0 Å². The summed E-state index contributed by atoms with van der Waals surface area (Å²) in [6.45, 7) is 8.63. The van der Waals surface area contributed by atoms with Crippen molar-refractivity contribution in [1.82, 2.24) is 0 Å². The van der Waals surface area contributed by atoms with E-state index in [2.05, 4.69) is 0 Å². The predicted octanol–water partition coefficient (Wildman–Crippen LogP) is 1.40. The van der Waals surface area contributed by atoms with Crippen molar-refractivity contribution in [2.75, 3.05) is 5.75 Å². The van der Waals surface area contributed by atoms with Gasteiger partial charge in [0.1, 0.15) is 5.75 Å². The van der Waals surface area contributed by atoms with Crippen LogP contribution in [0.4, 0.5) is 0 Å². The Bertz CT molecular complexity index is 303. The molecule has 15 heavy (non-hydrogen) atoms. The molecule has 0 fully saturated rings. The van der Waals surface area contributed by atoms with Crippen LogP contribution in [-0.2, 0) is 19.4 Å². The van der Waals surface area contributed by atoms with E-state index in [9.17, 15) is 13.2 Å². The van der Waals surface area contributed by atoms with Crippen LogP contribution >= 0.6 is 0 Å². The molecule has 0 saturated heterocycles. The van der Waals surface area contributed by atoms with Gasteiger partial charge in [0, 0.05) is 0 Å². The second-order valence-corrected chi connectivity index (χ2v) is 6.65. The number of ether oxygens (including phenoxy) is 1. The summed E-state index contributed by atoms with van der Waals surface area (Å²) < 4.78 is 28.1. The highest BCUT2D eigenvalue weighted by Gasteiger charge is 2.27. The Kier molecular flexibility index (Phi) is 5.28. The van der Waals surface area contributed by atoms with Crippen LogP contribution in [0.5, 0.6) is 0 Å². The molecule has 0 aliphatic rings. The van der Waals surface area contributed by atoms with Crippen LogP contribution < -0.4 is 0 Å². The van der Waals surface area contributed by atoms with Gasteiger partial charge in [0.2, 0.25) is 0 Å². The maximum absolute atomic E-state index is 11.7. The zero-order valence-corrected chi connectivity index (χ0v) is 10.8. The van der Waals surface area contributed by atoms with Gasteiger partial charge in [0.15, 0.2) is 9.84 Å². The first-order chi connectivity index (χ1) is 6.66. The second-order valence-electron chi connectivity index (χ2n) is 4.29. The van der Waals surface area contributed by atoms with Gasteiger partial charge >= 0.3 is 5.97 Å². The van der Waals surface area contributed by atoms with E-state index >= 15 is 0 Å². The summed E-state index contributed by atoms with van der Waals surface area (Å²) in [6.07, 6.45) is -0.276. The van der Waals surface area contributed by atoms with E-state index in [1.54, 1.807) is 20.8 Å². The summed E-state index contributed by atoms with van der Waals surface area (Å²) in [4.78, 5) is 11.2. The maximum atomic E-state index is 11.7. The Morgan fingerprint density at radius 1 is 1.13 bits per heavy atom. The molecular formula is C10H20O4S. The van der Waals surface area contributed by atoms with Crippen molar-refractivity contribution in [2.45, 2.75) is 46.0 Å². The lowest BCUT2D eigenvalue weighted by Gasteiger charge is -2.16. The average Bonchev–Trinajstić information content (AvgIpc) is 1.99. The highest BCUT2D eigenvalue weighted by Crippen LogP contribution is 2.12. The molecule has 0 aromatic carbocycles.